The summed E-state index contributed by atoms with van der Waals surface area (Å²) in [6.45, 7) is 1.44. The van der Waals surface area contributed by atoms with Gasteiger partial charge in [0.2, 0.25) is 10.0 Å². The lowest BCUT2D eigenvalue weighted by Gasteiger charge is -2.27. The molecule has 178 valence electrons. The van der Waals surface area contributed by atoms with Crippen molar-refractivity contribution < 1.29 is 27.3 Å². The standard InChI is InChI=1S/C22H22N4O7S/c1-15(25(34(3,30)31)17-8-10-19(32-2)11-9-17)22(27)24-23-14-20-12-13-21(33-20)16-4-6-18(7-5-16)26(28)29/h4-15H,1-3H3,(H,24,27)/b23-14-/t15-/m1/s1. The number of furan rings is 1. The van der Waals surface area contributed by atoms with Crippen LogP contribution in [0.25, 0.3) is 11.3 Å². The average molecular weight is 487 g/mol. The van der Waals surface area contributed by atoms with Crippen molar-refractivity contribution in [3.8, 4) is 17.1 Å². The highest BCUT2D eigenvalue weighted by Crippen LogP contribution is 2.25. The third-order valence-electron chi connectivity index (χ3n) is 4.77. The molecule has 0 fully saturated rings. The number of nitrogens with zero attached hydrogens (tertiary/aromatic N) is 3. The van der Waals surface area contributed by atoms with Crippen LogP contribution in [0.1, 0.15) is 12.7 Å². The molecule has 34 heavy (non-hydrogen) atoms. The van der Waals surface area contributed by atoms with Crippen LogP contribution < -0.4 is 14.5 Å². The van der Waals surface area contributed by atoms with Crippen LogP contribution in [0.3, 0.4) is 0 Å². The van der Waals surface area contributed by atoms with Crippen LogP contribution >= 0.6 is 0 Å². The summed E-state index contributed by atoms with van der Waals surface area (Å²) in [6.07, 6.45) is 2.27. The average Bonchev–Trinajstić information content (AvgIpc) is 3.27. The molecule has 3 rings (SSSR count). The van der Waals surface area contributed by atoms with Gasteiger partial charge >= 0.3 is 0 Å². The zero-order chi connectivity index (χ0) is 24.9. The fraction of sp³-hybridized carbons (Fsp3) is 0.182. The predicted octanol–water partition coefficient (Wildman–Crippen LogP) is 3.17. The van der Waals surface area contributed by atoms with Crippen LogP contribution in [0.5, 0.6) is 5.75 Å². The van der Waals surface area contributed by atoms with Gasteiger partial charge in [0, 0.05) is 17.7 Å². The number of hydrogen-bond donors (Lipinski definition) is 1. The van der Waals surface area contributed by atoms with Crippen LogP contribution in [-0.4, -0.2) is 44.9 Å². The predicted molar refractivity (Wildman–Crippen MR) is 126 cm³/mol. The van der Waals surface area contributed by atoms with Crippen molar-refractivity contribution in [3.63, 3.8) is 0 Å². The molecule has 0 bridgehead atoms. The Kier molecular flexibility index (Phi) is 7.31. The lowest BCUT2D eigenvalue weighted by molar-refractivity contribution is -0.384. The lowest BCUT2D eigenvalue weighted by atomic mass is 10.1. The topological polar surface area (TPSA) is 144 Å². The zero-order valence-electron chi connectivity index (χ0n) is 18.5. The monoisotopic (exact) mass is 486 g/mol. The number of rotatable bonds is 9. The molecule has 1 heterocycles. The van der Waals surface area contributed by atoms with Crippen molar-refractivity contribution in [2.75, 3.05) is 17.7 Å². The van der Waals surface area contributed by atoms with Crippen molar-refractivity contribution in [2.45, 2.75) is 13.0 Å². The Morgan fingerprint density at radius 3 is 2.35 bits per heavy atom. The van der Waals surface area contributed by atoms with E-state index in [1.165, 1.54) is 44.5 Å². The summed E-state index contributed by atoms with van der Waals surface area (Å²) < 4.78 is 36.4. The SMILES string of the molecule is COc1ccc(N([C@H](C)C(=O)N/N=C\c2ccc(-c3ccc([N+](=O)[O-])cc3)o2)S(C)(=O)=O)cc1. The molecule has 3 aromatic rings. The van der Waals surface area contributed by atoms with Crippen molar-refractivity contribution in [3.05, 3.63) is 76.5 Å². The Hall–Kier alpha value is -4.19. The number of nitro benzene ring substituents is 1. The summed E-state index contributed by atoms with van der Waals surface area (Å²) in [7, 11) is -2.28. The molecular weight excluding hydrogens is 464 g/mol. The Morgan fingerprint density at radius 1 is 1.15 bits per heavy atom. The third-order valence-corrected chi connectivity index (χ3v) is 6.01. The number of anilines is 1. The van der Waals surface area contributed by atoms with E-state index in [0.29, 0.717) is 28.5 Å². The summed E-state index contributed by atoms with van der Waals surface area (Å²) in [4.78, 5) is 22.9. The summed E-state index contributed by atoms with van der Waals surface area (Å²) in [5.74, 6) is 0.667. The molecule has 0 unspecified atom stereocenters. The first-order valence-electron chi connectivity index (χ1n) is 9.91. The lowest BCUT2D eigenvalue weighted by Crippen LogP contribution is -2.46. The first-order valence-corrected chi connectivity index (χ1v) is 11.8. The molecular formula is C22H22N4O7S. The van der Waals surface area contributed by atoms with Gasteiger partial charge in [-0.3, -0.25) is 19.2 Å². The number of hydrogen-bond acceptors (Lipinski definition) is 8. The maximum atomic E-state index is 12.6. The fourth-order valence-corrected chi connectivity index (χ4v) is 4.29. The normalized spacial score (nSPS) is 12.3. The second-order valence-electron chi connectivity index (χ2n) is 7.17. The number of carbonyl (C=O) groups is 1. The number of amides is 1. The Labute approximate surface area is 195 Å². The largest absolute Gasteiger partial charge is 0.497 e. The summed E-state index contributed by atoms with van der Waals surface area (Å²) in [6, 6.07) is 14.3. The van der Waals surface area contributed by atoms with E-state index >= 15 is 0 Å². The van der Waals surface area contributed by atoms with Crippen LogP contribution in [0, 0.1) is 10.1 Å². The summed E-state index contributed by atoms with van der Waals surface area (Å²) in [5.41, 5.74) is 3.20. The van der Waals surface area contributed by atoms with Gasteiger partial charge in [-0.05, 0) is 55.5 Å². The van der Waals surface area contributed by atoms with Gasteiger partial charge in [-0.2, -0.15) is 5.10 Å². The highest BCUT2D eigenvalue weighted by atomic mass is 32.2. The van der Waals surface area contributed by atoms with E-state index in [1.54, 1.807) is 36.4 Å². The summed E-state index contributed by atoms with van der Waals surface area (Å²) in [5, 5.41) is 14.6. The second-order valence-corrected chi connectivity index (χ2v) is 9.03. The molecule has 0 saturated heterocycles. The van der Waals surface area contributed by atoms with E-state index < -0.39 is 26.9 Å². The number of sulfonamides is 1. The number of ether oxygens (including phenoxy) is 1. The molecule has 0 aliphatic rings. The first kappa shape index (κ1) is 24.5. The number of non-ortho nitro benzene ring substituents is 1. The van der Waals surface area contributed by atoms with E-state index in [4.69, 9.17) is 9.15 Å². The first-order chi connectivity index (χ1) is 16.1. The van der Waals surface area contributed by atoms with Gasteiger partial charge in [-0.25, -0.2) is 13.8 Å². The van der Waals surface area contributed by atoms with E-state index in [1.807, 2.05) is 0 Å². The van der Waals surface area contributed by atoms with Gasteiger partial charge in [0.05, 0.1) is 30.2 Å². The number of benzene rings is 2. The molecule has 0 aliphatic carbocycles. The zero-order valence-corrected chi connectivity index (χ0v) is 19.4. The van der Waals surface area contributed by atoms with E-state index in [-0.39, 0.29) is 5.69 Å². The summed E-state index contributed by atoms with van der Waals surface area (Å²) >= 11 is 0. The third kappa shape index (κ3) is 5.78. The molecule has 0 spiro atoms. The van der Waals surface area contributed by atoms with Crippen LogP contribution in [0.2, 0.25) is 0 Å². The van der Waals surface area contributed by atoms with Crippen LogP contribution in [-0.2, 0) is 14.8 Å². The van der Waals surface area contributed by atoms with Gasteiger partial charge < -0.3 is 9.15 Å². The molecule has 1 atom stereocenters. The fourth-order valence-electron chi connectivity index (χ4n) is 3.12. The van der Waals surface area contributed by atoms with Crippen molar-refractivity contribution in [2.24, 2.45) is 5.10 Å². The number of nitro groups is 1. The van der Waals surface area contributed by atoms with E-state index in [2.05, 4.69) is 10.5 Å². The molecule has 12 heteroatoms. The molecule has 11 nitrogen and oxygen atoms in total. The molecule has 1 amide bonds. The van der Waals surface area contributed by atoms with Gasteiger partial charge in [0.1, 0.15) is 23.3 Å². The highest BCUT2D eigenvalue weighted by molar-refractivity contribution is 7.92. The molecule has 2 aromatic carbocycles. The van der Waals surface area contributed by atoms with E-state index in [0.717, 1.165) is 10.6 Å². The van der Waals surface area contributed by atoms with Gasteiger partial charge in [0.15, 0.2) is 0 Å². The van der Waals surface area contributed by atoms with Crippen molar-refractivity contribution in [1.82, 2.24) is 5.43 Å². The molecule has 0 radical (unpaired) electrons. The Morgan fingerprint density at radius 2 is 1.79 bits per heavy atom. The quantitative estimate of drug-likeness (QED) is 0.278. The smallest absolute Gasteiger partial charge is 0.269 e. The molecule has 1 N–H and O–H groups in total. The second kappa shape index (κ2) is 10.2. The van der Waals surface area contributed by atoms with Gasteiger partial charge in [0.25, 0.3) is 11.6 Å². The minimum absolute atomic E-state index is 0.0355. The van der Waals surface area contributed by atoms with Gasteiger partial charge in [-0.1, -0.05) is 0 Å². The highest BCUT2D eigenvalue weighted by Gasteiger charge is 2.29. The Bertz CT molecular complexity index is 1300. The Balaban J connectivity index is 1.69. The van der Waals surface area contributed by atoms with E-state index in [9.17, 15) is 23.3 Å². The number of carbonyl (C=O) groups excluding carboxylic acids is 1. The molecule has 0 saturated carbocycles. The van der Waals surface area contributed by atoms with Crippen LogP contribution in [0.4, 0.5) is 11.4 Å². The molecule has 0 aliphatic heterocycles. The molecule has 1 aromatic heterocycles. The minimum atomic E-state index is -3.78. The van der Waals surface area contributed by atoms with Crippen molar-refractivity contribution >= 4 is 33.5 Å². The maximum absolute atomic E-state index is 12.6. The number of nitrogens with one attached hydrogen (secondary N) is 1. The minimum Gasteiger partial charge on any atom is -0.497 e. The van der Waals surface area contributed by atoms with Gasteiger partial charge in [-0.15, -0.1) is 0 Å². The maximum Gasteiger partial charge on any atom is 0.269 e. The number of hydrazone groups is 1. The number of methoxy groups -OCH3 is 1. The van der Waals surface area contributed by atoms with Crippen molar-refractivity contribution in [1.29, 1.82) is 0 Å². The van der Waals surface area contributed by atoms with Crippen LogP contribution in [0.15, 0.2) is 70.2 Å².